The van der Waals surface area contributed by atoms with E-state index >= 15 is 0 Å². The molecule has 148 valence electrons. The van der Waals surface area contributed by atoms with E-state index in [-0.39, 0.29) is 18.7 Å². The van der Waals surface area contributed by atoms with Gasteiger partial charge < -0.3 is 19.7 Å². The number of carbonyl (C=O) groups excluding carboxylic acids is 2. The SMILES string of the molecule is COC(=O)c1cc(NC2CCN(C(=O)OCc3ccccc3)CC2)ccc1Cl. The fourth-order valence-corrected chi connectivity index (χ4v) is 3.33. The monoisotopic (exact) mass is 402 g/mol. The number of rotatable bonds is 5. The van der Waals surface area contributed by atoms with Crippen LogP contribution in [0.5, 0.6) is 0 Å². The maximum atomic E-state index is 12.2. The molecule has 0 atom stereocenters. The van der Waals surface area contributed by atoms with Gasteiger partial charge in [-0.2, -0.15) is 0 Å². The lowest BCUT2D eigenvalue weighted by molar-refractivity contribution is 0.0600. The first-order chi connectivity index (χ1) is 13.6. The molecule has 7 heteroatoms. The molecule has 1 aliphatic heterocycles. The molecule has 0 aliphatic carbocycles. The molecule has 0 radical (unpaired) electrons. The number of halogens is 1. The quantitative estimate of drug-likeness (QED) is 0.753. The molecule has 0 unspecified atom stereocenters. The molecule has 1 aliphatic rings. The van der Waals surface area contributed by atoms with E-state index in [1.165, 1.54) is 7.11 Å². The summed E-state index contributed by atoms with van der Waals surface area (Å²) in [6.45, 7) is 1.50. The average molecular weight is 403 g/mol. The highest BCUT2D eigenvalue weighted by Gasteiger charge is 2.24. The number of benzene rings is 2. The Morgan fingerprint density at radius 2 is 1.86 bits per heavy atom. The van der Waals surface area contributed by atoms with E-state index in [0.717, 1.165) is 24.1 Å². The van der Waals surface area contributed by atoms with Gasteiger partial charge in [0, 0.05) is 24.8 Å². The Kier molecular flexibility index (Phi) is 6.76. The van der Waals surface area contributed by atoms with Gasteiger partial charge in [0.05, 0.1) is 17.7 Å². The summed E-state index contributed by atoms with van der Waals surface area (Å²) in [6.07, 6.45) is 1.29. The van der Waals surface area contributed by atoms with Crippen LogP contribution in [0.15, 0.2) is 48.5 Å². The molecule has 28 heavy (non-hydrogen) atoms. The van der Waals surface area contributed by atoms with Crippen molar-refractivity contribution in [1.82, 2.24) is 4.90 Å². The first-order valence-corrected chi connectivity index (χ1v) is 9.54. The van der Waals surface area contributed by atoms with Crippen molar-refractivity contribution in [2.75, 3.05) is 25.5 Å². The molecule has 1 heterocycles. The molecule has 1 amide bonds. The lowest BCUT2D eigenvalue weighted by Gasteiger charge is -2.32. The predicted molar refractivity (Wildman–Crippen MR) is 108 cm³/mol. The second-order valence-corrected chi connectivity index (χ2v) is 7.04. The molecule has 6 nitrogen and oxygen atoms in total. The number of methoxy groups -OCH3 is 1. The first kappa shape index (κ1) is 20.0. The van der Waals surface area contributed by atoms with Gasteiger partial charge >= 0.3 is 12.1 Å². The van der Waals surface area contributed by atoms with Gasteiger partial charge in [-0.05, 0) is 36.6 Å². The normalized spacial score (nSPS) is 14.4. The van der Waals surface area contributed by atoms with Crippen LogP contribution in [0.1, 0.15) is 28.8 Å². The van der Waals surface area contributed by atoms with Gasteiger partial charge in [-0.15, -0.1) is 0 Å². The van der Waals surface area contributed by atoms with Crippen LogP contribution in [-0.4, -0.2) is 43.2 Å². The summed E-state index contributed by atoms with van der Waals surface area (Å²) in [5, 5.41) is 3.75. The first-order valence-electron chi connectivity index (χ1n) is 9.17. The molecule has 1 N–H and O–H groups in total. The van der Waals surface area contributed by atoms with Crippen molar-refractivity contribution in [2.24, 2.45) is 0 Å². The number of likely N-dealkylation sites (tertiary alicyclic amines) is 1. The molecular weight excluding hydrogens is 380 g/mol. The molecular formula is C21H23ClN2O4. The minimum absolute atomic E-state index is 0.199. The van der Waals surface area contributed by atoms with Crippen molar-refractivity contribution in [3.8, 4) is 0 Å². The Morgan fingerprint density at radius 3 is 2.54 bits per heavy atom. The Labute approximate surface area is 169 Å². The number of anilines is 1. The van der Waals surface area contributed by atoms with Gasteiger partial charge in [0.1, 0.15) is 6.61 Å². The summed E-state index contributed by atoms with van der Waals surface area (Å²) >= 11 is 6.05. The van der Waals surface area contributed by atoms with Gasteiger partial charge in [-0.25, -0.2) is 9.59 Å². The zero-order valence-corrected chi connectivity index (χ0v) is 16.4. The van der Waals surface area contributed by atoms with Gasteiger partial charge in [0.15, 0.2) is 0 Å². The fraction of sp³-hybridized carbons (Fsp3) is 0.333. The van der Waals surface area contributed by atoms with E-state index in [4.69, 9.17) is 21.1 Å². The van der Waals surface area contributed by atoms with Crippen LogP contribution in [0.2, 0.25) is 5.02 Å². The smallest absolute Gasteiger partial charge is 0.410 e. The van der Waals surface area contributed by atoms with Crippen molar-refractivity contribution in [2.45, 2.75) is 25.5 Å². The van der Waals surface area contributed by atoms with Crippen molar-refractivity contribution in [1.29, 1.82) is 0 Å². The molecule has 0 aromatic heterocycles. The van der Waals surface area contributed by atoms with Crippen molar-refractivity contribution in [3.63, 3.8) is 0 Å². The van der Waals surface area contributed by atoms with Crippen molar-refractivity contribution >= 4 is 29.4 Å². The maximum absolute atomic E-state index is 12.2. The highest BCUT2D eigenvalue weighted by atomic mass is 35.5. The Balaban J connectivity index is 1.49. The lowest BCUT2D eigenvalue weighted by atomic mass is 10.0. The Hall–Kier alpha value is -2.73. The summed E-state index contributed by atoms with van der Waals surface area (Å²) in [5.41, 5.74) is 2.10. The molecule has 0 spiro atoms. The highest BCUT2D eigenvalue weighted by molar-refractivity contribution is 6.33. The fourth-order valence-electron chi connectivity index (χ4n) is 3.13. The largest absolute Gasteiger partial charge is 0.465 e. The van der Waals surface area contributed by atoms with Crippen LogP contribution in [-0.2, 0) is 16.1 Å². The van der Waals surface area contributed by atoms with Gasteiger partial charge in [0.2, 0.25) is 0 Å². The van der Waals surface area contributed by atoms with E-state index < -0.39 is 5.97 Å². The number of nitrogens with one attached hydrogen (secondary N) is 1. The minimum atomic E-state index is -0.468. The zero-order chi connectivity index (χ0) is 19.9. The zero-order valence-electron chi connectivity index (χ0n) is 15.7. The summed E-state index contributed by atoms with van der Waals surface area (Å²) in [6, 6.07) is 15.0. The van der Waals surface area contributed by atoms with Gasteiger partial charge in [0.25, 0.3) is 0 Å². The number of esters is 1. The van der Waals surface area contributed by atoms with Crippen LogP contribution in [0.4, 0.5) is 10.5 Å². The third kappa shape index (κ3) is 5.16. The number of piperidine rings is 1. The minimum Gasteiger partial charge on any atom is -0.465 e. The van der Waals surface area contributed by atoms with Crippen LogP contribution in [0.3, 0.4) is 0 Å². The second kappa shape index (κ2) is 9.46. The summed E-state index contributed by atoms with van der Waals surface area (Å²) in [7, 11) is 1.32. The maximum Gasteiger partial charge on any atom is 0.410 e. The standard InChI is InChI=1S/C21H23ClN2O4/c1-27-20(25)18-13-17(7-8-19(18)22)23-16-9-11-24(12-10-16)21(26)28-14-15-5-3-2-4-6-15/h2-8,13,16,23H,9-12,14H2,1H3. The molecule has 3 rings (SSSR count). The molecule has 1 fully saturated rings. The number of nitrogens with zero attached hydrogens (tertiary/aromatic N) is 1. The van der Waals surface area contributed by atoms with Crippen LogP contribution in [0, 0.1) is 0 Å². The molecule has 2 aromatic carbocycles. The summed E-state index contributed by atoms with van der Waals surface area (Å²) < 4.78 is 10.1. The molecule has 1 saturated heterocycles. The van der Waals surface area contributed by atoms with Crippen LogP contribution >= 0.6 is 11.6 Å². The van der Waals surface area contributed by atoms with E-state index in [2.05, 4.69) is 5.32 Å². The van der Waals surface area contributed by atoms with E-state index in [0.29, 0.717) is 23.7 Å². The van der Waals surface area contributed by atoms with E-state index in [1.807, 2.05) is 36.4 Å². The van der Waals surface area contributed by atoms with Gasteiger partial charge in [-0.1, -0.05) is 41.9 Å². The molecule has 2 aromatic rings. The van der Waals surface area contributed by atoms with Crippen molar-refractivity contribution < 1.29 is 19.1 Å². The lowest BCUT2D eigenvalue weighted by Crippen LogP contribution is -2.42. The van der Waals surface area contributed by atoms with Gasteiger partial charge in [-0.3, -0.25) is 0 Å². The number of hydrogen-bond acceptors (Lipinski definition) is 5. The average Bonchev–Trinajstić information content (AvgIpc) is 2.74. The number of carbonyl (C=O) groups is 2. The second-order valence-electron chi connectivity index (χ2n) is 6.63. The Morgan fingerprint density at radius 1 is 1.14 bits per heavy atom. The molecule has 0 bridgehead atoms. The number of amides is 1. The molecule has 0 saturated carbocycles. The summed E-state index contributed by atoms with van der Waals surface area (Å²) in [4.78, 5) is 25.7. The van der Waals surface area contributed by atoms with E-state index in [9.17, 15) is 9.59 Å². The summed E-state index contributed by atoms with van der Waals surface area (Å²) in [5.74, 6) is -0.468. The third-order valence-corrected chi connectivity index (χ3v) is 5.03. The predicted octanol–water partition coefficient (Wildman–Crippen LogP) is 4.34. The Bertz CT molecular complexity index is 820. The van der Waals surface area contributed by atoms with E-state index in [1.54, 1.807) is 17.0 Å². The topological polar surface area (TPSA) is 67.9 Å². The van der Waals surface area contributed by atoms with Crippen LogP contribution < -0.4 is 5.32 Å². The number of hydrogen-bond donors (Lipinski definition) is 1. The third-order valence-electron chi connectivity index (χ3n) is 4.70. The number of ether oxygens (including phenoxy) is 2. The highest BCUT2D eigenvalue weighted by Crippen LogP contribution is 2.24. The van der Waals surface area contributed by atoms with Crippen LogP contribution in [0.25, 0.3) is 0 Å². The van der Waals surface area contributed by atoms with Crippen molar-refractivity contribution in [3.05, 3.63) is 64.7 Å².